The Kier molecular flexibility index (Phi) is 5.88. The van der Waals surface area contributed by atoms with E-state index in [1.54, 1.807) is 36.1 Å². The molecular formula is C21H23N3O3. The molecular weight excluding hydrogens is 342 g/mol. The third-order valence-electron chi connectivity index (χ3n) is 4.02. The summed E-state index contributed by atoms with van der Waals surface area (Å²) >= 11 is 0. The van der Waals surface area contributed by atoms with Gasteiger partial charge in [-0.3, -0.25) is 4.79 Å². The van der Waals surface area contributed by atoms with Gasteiger partial charge in [-0.25, -0.2) is 4.68 Å². The molecule has 0 bridgehead atoms. The van der Waals surface area contributed by atoms with Gasteiger partial charge in [0.25, 0.3) is 5.91 Å². The number of amides is 1. The van der Waals surface area contributed by atoms with Crippen LogP contribution in [0.4, 0.5) is 5.82 Å². The molecule has 0 fully saturated rings. The van der Waals surface area contributed by atoms with Crippen LogP contribution in [0.25, 0.3) is 5.69 Å². The summed E-state index contributed by atoms with van der Waals surface area (Å²) in [5.41, 5.74) is 3.43. The van der Waals surface area contributed by atoms with Crippen LogP contribution >= 0.6 is 0 Å². The van der Waals surface area contributed by atoms with Crippen molar-refractivity contribution < 1.29 is 14.3 Å². The van der Waals surface area contributed by atoms with Crippen LogP contribution in [-0.2, 0) is 4.74 Å². The Labute approximate surface area is 158 Å². The maximum absolute atomic E-state index is 12.6. The zero-order valence-electron chi connectivity index (χ0n) is 15.7. The number of aromatic nitrogens is 2. The molecule has 0 atom stereocenters. The number of benzene rings is 2. The van der Waals surface area contributed by atoms with Crippen molar-refractivity contribution in [2.24, 2.45) is 0 Å². The van der Waals surface area contributed by atoms with E-state index in [1.165, 1.54) is 5.56 Å². The number of methoxy groups -OCH3 is 1. The number of hydrogen-bond acceptors (Lipinski definition) is 4. The van der Waals surface area contributed by atoms with E-state index >= 15 is 0 Å². The molecule has 1 aromatic heterocycles. The number of nitrogens with one attached hydrogen (secondary N) is 1. The number of rotatable bonds is 7. The predicted molar refractivity (Wildman–Crippen MR) is 105 cm³/mol. The minimum atomic E-state index is -0.202. The molecule has 3 aromatic rings. The fourth-order valence-corrected chi connectivity index (χ4v) is 2.61. The van der Waals surface area contributed by atoms with Gasteiger partial charge in [-0.1, -0.05) is 17.7 Å². The molecule has 6 heteroatoms. The van der Waals surface area contributed by atoms with Gasteiger partial charge in [0.15, 0.2) is 0 Å². The lowest BCUT2D eigenvalue weighted by Gasteiger charge is -2.10. The summed E-state index contributed by atoms with van der Waals surface area (Å²) in [6.07, 6.45) is 0. The van der Waals surface area contributed by atoms with Crippen LogP contribution in [-0.4, -0.2) is 36.0 Å². The van der Waals surface area contributed by atoms with E-state index in [4.69, 9.17) is 9.47 Å². The van der Waals surface area contributed by atoms with Crippen molar-refractivity contribution >= 4 is 11.7 Å². The fraction of sp³-hybridized carbons (Fsp3) is 0.238. The first-order chi connectivity index (χ1) is 13.1. The van der Waals surface area contributed by atoms with Crippen LogP contribution < -0.4 is 10.1 Å². The van der Waals surface area contributed by atoms with Crippen molar-refractivity contribution in [1.82, 2.24) is 9.78 Å². The maximum Gasteiger partial charge on any atom is 0.256 e. The van der Waals surface area contributed by atoms with Gasteiger partial charge in [0.1, 0.15) is 18.2 Å². The maximum atomic E-state index is 12.6. The summed E-state index contributed by atoms with van der Waals surface area (Å²) < 4.78 is 12.2. The van der Waals surface area contributed by atoms with Gasteiger partial charge in [0.05, 0.1) is 18.0 Å². The molecule has 1 amide bonds. The number of hydrogen-bond donors (Lipinski definition) is 1. The molecule has 140 valence electrons. The average Bonchev–Trinajstić information content (AvgIpc) is 3.03. The Bertz CT molecular complexity index is 899. The molecule has 0 saturated heterocycles. The lowest BCUT2D eigenvalue weighted by molar-refractivity contribution is 0.102. The van der Waals surface area contributed by atoms with Gasteiger partial charge >= 0.3 is 0 Å². The van der Waals surface area contributed by atoms with Crippen molar-refractivity contribution in [3.05, 3.63) is 71.4 Å². The molecule has 0 spiro atoms. The van der Waals surface area contributed by atoms with Crippen molar-refractivity contribution in [2.45, 2.75) is 13.8 Å². The zero-order chi connectivity index (χ0) is 19.2. The highest BCUT2D eigenvalue weighted by atomic mass is 16.5. The number of anilines is 1. The summed E-state index contributed by atoms with van der Waals surface area (Å²) in [6.45, 7) is 4.91. The van der Waals surface area contributed by atoms with E-state index in [1.807, 2.05) is 44.2 Å². The minimum Gasteiger partial charge on any atom is -0.491 e. The molecule has 3 rings (SSSR count). The zero-order valence-corrected chi connectivity index (χ0v) is 15.7. The van der Waals surface area contributed by atoms with Crippen LogP contribution in [0.3, 0.4) is 0 Å². The standard InChI is InChI=1S/C21H23N3O3/c1-15-4-8-18(9-5-15)24-20(14-16(2)23-24)22-21(25)17-6-10-19(11-7-17)27-13-12-26-3/h4-11,14H,12-13H2,1-3H3,(H,22,25). The first-order valence-corrected chi connectivity index (χ1v) is 8.73. The molecule has 0 aliphatic rings. The van der Waals surface area contributed by atoms with Gasteiger partial charge < -0.3 is 14.8 Å². The van der Waals surface area contributed by atoms with E-state index in [9.17, 15) is 4.79 Å². The largest absolute Gasteiger partial charge is 0.491 e. The first-order valence-electron chi connectivity index (χ1n) is 8.73. The fourth-order valence-electron chi connectivity index (χ4n) is 2.61. The highest BCUT2D eigenvalue weighted by Crippen LogP contribution is 2.19. The van der Waals surface area contributed by atoms with Gasteiger partial charge in [0, 0.05) is 18.7 Å². The number of carbonyl (C=O) groups is 1. The lowest BCUT2D eigenvalue weighted by atomic mass is 10.2. The second-order valence-corrected chi connectivity index (χ2v) is 6.24. The number of carbonyl (C=O) groups excluding carboxylic acids is 1. The summed E-state index contributed by atoms with van der Waals surface area (Å²) in [7, 11) is 1.62. The molecule has 0 aliphatic carbocycles. The minimum absolute atomic E-state index is 0.202. The van der Waals surface area contributed by atoms with E-state index in [0.717, 1.165) is 11.4 Å². The van der Waals surface area contributed by atoms with Gasteiger partial charge in [-0.2, -0.15) is 5.10 Å². The van der Waals surface area contributed by atoms with Crippen molar-refractivity contribution in [1.29, 1.82) is 0 Å². The number of nitrogens with zero attached hydrogens (tertiary/aromatic N) is 2. The normalized spacial score (nSPS) is 10.6. The molecule has 0 aliphatic heterocycles. The molecule has 0 unspecified atom stereocenters. The molecule has 1 heterocycles. The molecule has 0 radical (unpaired) electrons. The molecule has 2 aromatic carbocycles. The highest BCUT2D eigenvalue weighted by molar-refractivity contribution is 6.04. The quantitative estimate of drug-likeness (QED) is 0.648. The summed E-state index contributed by atoms with van der Waals surface area (Å²) in [5, 5.41) is 7.42. The summed E-state index contributed by atoms with van der Waals surface area (Å²) in [4.78, 5) is 12.6. The Morgan fingerprint density at radius 2 is 1.74 bits per heavy atom. The molecule has 6 nitrogen and oxygen atoms in total. The van der Waals surface area contributed by atoms with E-state index in [0.29, 0.717) is 30.3 Å². The van der Waals surface area contributed by atoms with Crippen molar-refractivity contribution in [2.75, 3.05) is 25.6 Å². The second kappa shape index (κ2) is 8.51. The van der Waals surface area contributed by atoms with Crippen LogP contribution in [0, 0.1) is 13.8 Å². The van der Waals surface area contributed by atoms with Gasteiger partial charge in [0.2, 0.25) is 0 Å². The van der Waals surface area contributed by atoms with Crippen LogP contribution in [0.15, 0.2) is 54.6 Å². The van der Waals surface area contributed by atoms with Gasteiger partial charge in [-0.05, 0) is 50.2 Å². The molecule has 1 N–H and O–H groups in total. The lowest BCUT2D eigenvalue weighted by Crippen LogP contribution is -2.15. The van der Waals surface area contributed by atoms with Crippen molar-refractivity contribution in [3.63, 3.8) is 0 Å². The predicted octanol–water partition coefficient (Wildman–Crippen LogP) is 3.77. The first kappa shape index (κ1) is 18.7. The summed E-state index contributed by atoms with van der Waals surface area (Å²) in [6, 6.07) is 16.8. The summed E-state index contributed by atoms with van der Waals surface area (Å²) in [5.74, 6) is 1.12. The Morgan fingerprint density at radius 3 is 2.41 bits per heavy atom. The Morgan fingerprint density at radius 1 is 1.04 bits per heavy atom. The number of aryl methyl sites for hydroxylation is 2. The third-order valence-corrected chi connectivity index (χ3v) is 4.02. The average molecular weight is 365 g/mol. The van der Waals surface area contributed by atoms with E-state index in [2.05, 4.69) is 10.4 Å². The SMILES string of the molecule is COCCOc1ccc(C(=O)Nc2cc(C)nn2-c2ccc(C)cc2)cc1. The van der Waals surface area contributed by atoms with Gasteiger partial charge in [-0.15, -0.1) is 0 Å². The molecule has 0 saturated carbocycles. The molecule has 27 heavy (non-hydrogen) atoms. The van der Waals surface area contributed by atoms with Crippen molar-refractivity contribution in [3.8, 4) is 11.4 Å². The van der Waals surface area contributed by atoms with Crippen LogP contribution in [0.1, 0.15) is 21.6 Å². The Hall–Kier alpha value is -3.12. The monoisotopic (exact) mass is 365 g/mol. The third kappa shape index (κ3) is 4.74. The van der Waals surface area contributed by atoms with E-state index in [-0.39, 0.29) is 5.91 Å². The number of ether oxygens (including phenoxy) is 2. The van der Waals surface area contributed by atoms with Crippen LogP contribution in [0.2, 0.25) is 0 Å². The van der Waals surface area contributed by atoms with E-state index < -0.39 is 0 Å². The topological polar surface area (TPSA) is 65.4 Å². The second-order valence-electron chi connectivity index (χ2n) is 6.24. The highest BCUT2D eigenvalue weighted by Gasteiger charge is 2.12. The van der Waals surface area contributed by atoms with Crippen LogP contribution in [0.5, 0.6) is 5.75 Å². The Balaban J connectivity index is 1.73. The smallest absolute Gasteiger partial charge is 0.256 e.